The minimum atomic E-state index is -0.465. The number of furan rings is 1. The molecule has 1 aliphatic rings. The van der Waals surface area contributed by atoms with Gasteiger partial charge < -0.3 is 18.6 Å². The molecule has 0 saturated carbocycles. The van der Waals surface area contributed by atoms with E-state index in [1.165, 1.54) is 33.1 Å². The predicted octanol–water partition coefficient (Wildman–Crippen LogP) is 4.52. The van der Waals surface area contributed by atoms with Gasteiger partial charge in [0.1, 0.15) is 23.0 Å². The smallest absolute Gasteiger partial charge is 0.272 e. The lowest BCUT2D eigenvalue weighted by molar-refractivity contribution is -0.119. The van der Waals surface area contributed by atoms with Gasteiger partial charge in [0.2, 0.25) is 0 Å². The summed E-state index contributed by atoms with van der Waals surface area (Å²) >= 11 is 1.24. The van der Waals surface area contributed by atoms with Crippen LogP contribution in [0, 0.1) is 0 Å². The monoisotopic (exact) mass is 451 g/mol. The van der Waals surface area contributed by atoms with Gasteiger partial charge in [0.25, 0.3) is 11.8 Å². The first kappa shape index (κ1) is 21.6. The molecule has 0 fully saturated rings. The highest BCUT2D eigenvalue weighted by molar-refractivity contribution is 8.03. The molecule has 4 rings (SSSR count). The maximum Gasteiger partial charge on any atom is 0.272 e. The first-order valence-corrected chi connectivity index (χ1v) is 10.7. The van der Waals surface area contributed by atoms with E-state index in [9.17, 15) is 9.59 Å². The van der Waals surface area contributed by atoms with Crippen molar-refractivity contribution in [1.29, 1.82) is 0 Å². The third-order valence-electron chi connectivity index (χ3n) is 4.98. The second kappa shape index (κ2) is 9.23. The van der Waals surface area contributed by atoms with E-state index in [1.807, 2.05) is 12.1 Å². The van der Waals surface area contributed by atoms with Crippen LogP contribution in [-0.2, 0) is 15.3 Å². The largest absolute Gasteiger partial charge is 0.497 e. The van der Waals surface area contributed by atoms with Crippen LogP contribution in [0.2, 0.25) is 0 Å². The van der Waals surface area contributed by atoms with Crippen LogP contribution in [0.3, 0.4) is 0 Å². The summed E-state index contributed by atoms with van der Waals surface area (Å²) in [5, 5.41) is 0. The fraction of sp³-hybridized carbons (Fsp3) is 0.167. The Balaban J connectivity index is 1.83. The van der Waals surface area contributed by atoms with Crippen molar-refractivity contribution >= 4 is 34.8 Å². The van der Waals surface area contributed by atoms with E-state index in [4.69, 9.17) is 18.6 Å². The van der Waals surface area contributed by atoms with Gasteiger partial charge in [-0.25, -0.2) is 4.90 Å². The molecule has 2 aromatic carbocycles. The van der Waals surface area contributed by atoms with E-state index in [1.54, 1.807) is 48.7 Å². The highest BCUT2D eigenvalue weighted by atomic mass is 32.2. The van der Waals surface area contributed by atoms with Crippen molar-refractivity contribution in [3.8, 4) is 17.2 Å². The van der Waals surface area contributed by atoms with Gasteiger partial charge in [0.15, 0.2) is 0 Å². The fourth-order valence-corrected chi connectivity index (χ4v) is 4.47. The zero-order chi connectivity index (χ0) is 22.7. The summed E-state index contributed by atoms with van der Waals surface area (Å²) in [6.07, 6.45) is 1.57. The first-order chi connectivity index (χ1) is 15.6. The van der Waals surface area contributed by atoms with Crippen LogP contribution in [0.4, 0.5) is 5.69 Å². The van der Waals surface area contributed by atoms with Crippen molar-refractivity contribution in [3.05, 3.63) is 77.1 Å². The summed E-state index contributed by atoms with van der Waals surface area (Å²) in [6.45, 7) is 0. The Kier molecular flexibility index (Phi) is 6.23. The molecule has 32 heavy (non-hydrogen) atoms. The third-order valence-corrected chi connectivity index (χ3v) is 6.08. The van der Waals surface area contributed by atoms with E-state index in [0.29, 0.717) is 44.9 Å². The zero-order valence-corrected chi connectivity index (χ0v) is 18.6. The van der Waals surface area contributed by atoms with Crippen LogP contribution in [0.25, 0.3) is 5.57 Å². The summed E-state index contributed by atoms with van der Waals surface area (Å²) in [4.78, 5) is 28.7. The zero-order valence-electron chi connectivity index (χ0n) is 17.8. The summed E-state index contributed by atoms with van der Waals surface area (Å²) < 4.78 is 21.6. The van der Waals surface area contributed by atoms with Crippen LogP contribution in [0.15, 0.2) is 70.2 Å². The lowest BCUT2D eigenvalue weighted by atomic mass is 10.0. The van der Waals surface area contributed by atoms with Gasteiger partial charge in [-0.15, -0.1) is 11.8 Å². The lowest BCUT2D eigenvalue weighted by Gasteiger charge is -2.19. The molecule has 0 aliphatic carbocycles. The molecule has 7 nitrogen and oxygen atoms in total. The summed E-state index contributed by atoms with van der Waals surface area (Å²) in [5.41, 5.74) is 1.12. The minimum absolute atomic E-state index is 0.272. The molecule has 0 bridgehead atoms. The van der Waals surface area contributed by atoms with Gasteiger partial charge in [-0.1, -0.05) is 18.2 Å². The lowest BCUT2D eigenvalue weighted by Crippen LogP contribution is -2.31. The average molecular weight is 452 g/mol. The van der Waals surface area contributed by atoms with Crippen LogP contribution in [0.5, 0.6) is 17.2 Å². The van der Waals surface area contributed by atoms with Crippen molar-refractivity contribution in [2.45, 2.75) is 5.75 Å². The Labute approximate surface area is 189 Å². The summed E-state index contributed by atoms with van der Waals surface area (Å²) in [6, 6.07) is 15.7. The van der Waals surface area contributed by atoms with E-state index < -0.39 is 11.8 Å². The fourth-order valence-electron chi connectivity index (χ4n) is 3.46. The number of methoxy groups -OCH3 is 3. The number of amides is 2. The van der Waals surface area contributed by atoms with Crippen LogP contribution >= 0.6 is 11.8 Å². The molecule has 2 amide bonds. The molecule has 0 N–H and O–H groups in total. The Hall–Kier alpha value is -3.65. The molecule has 1 aromatic heterocycles. The summed E-state index contributed by atoms with van der Waals surface area (Å²) in [7, 11) is 4.53. The van der Waals surface area contributed by atoms with E-state index >= 15 is 0 Å². The normalized spacial score (nSPS) is 13.7. The summed E-state index contributed by atoms with van der Waals surface area (Å²) in [5.74, 6) is 1.55. The minimum Gasteiger partial charge on any atom is -0.497 e. The Morgan fingerprint density at radius 2 is 1.66 bits per heavy atom. The van der Waals surface area contributed by atoms with Crippen molar-refractivity contribution < 1.29 is 28.2 Å². The highest BCUT2D eigenvalue weighted by Crippen LogP contribution is 2.44. The molecule has 3 aromatic rings. The van der Waals surface area contributed by atoms with Crippen molar-refractivity contribution in [2.24, 2.45) is 0 Å². The standard InChI is InChI=1S/C24H21NO6S/c1-28-15-10-11-20(30-3)18(13-15)25-23(26)21(17-8-4-5-9-19(17)29-2)22(24(25)27)32-14-16-7-6-12-31-16/h4-13H,14H2,1-3H3. The Bertz CT molecular complexity index is 1180. The Morgan fingerprint density at radius 3 is 2.34 bits per heavy atom. The van der Waals surface area contributed by atoms with Crippen LogP contribution in [-0.4, -0.2) is 33.1 Å². The molecule has 164 valence electrons. The maximum atomic E-state index is 13.7. The van der Waals surface area contributed by atoms with Crippen molar-refractivity contribution in [3.63, 3.8) is 0 Å². The quantitative estimate of drug-likeness (QED) is 0.466. The van der Waals surface area contributed by atoms with Crippen LogP contribution < -0.4 is 19.1 Å². The predicted molar refractivity (Wildman–Crippen MR) is 122 cm³/mol. The molecule has 0 radical (unpaired) electrons. The van der Waals surface area contributed by atoms with E-state index in [-0.39, 0.29) is 5.57 Å². The van der Waals surface area contributed by atoms with Gasteiger partial charge in [0, 0.05) is 11.6 Å². The second-order valence-corrected chi connectivity index (χ2v) is 7.74. The first-order valence-electron chi connectivity index (χ1n) is 9.72. The number of rotatable bonds is 8. The molecular weight excluding hydrogens is 430 g/mol. The van der Waals surface area contributed by atoms with Crippen molar-refractivity contribution in [1.82, 2.24) is 0 Å². The maximum absolute atomic E-state index is 13.7. The molecule has 1 aliphatic heterocycles. The molecule has 0 atom stereocenters. The number of ether oxygens (including phenoxy) is 3. The van der Waals surface area contributed by atoms with Gasteiger partial charge in [0.05, 0.1) is 49.5 Å². The molecule has 0 spiro atoms. The highest BCUT2D eigenvalue weighted by Gasteiger charge is 2.42. The number of carbonyl (C=O) groups excluding carboxylic acids is 2. The van der Waals surface area contributed by atoms with Gasteiger partial charge in [-0.2, -0.15) is 0 Å². The van der Waals surface area contributed by atoms with Gasteiger partial charge in [-0.3, -0.25) is 9.59 Å². The molecule has 2 heterocycles. The number of para-hydroxylation sites is 1. The van der Waals surface area contributed by atoms with E-state index in [2.05, 4.69) is 0 Å². The van der Waals surface area contributed by atoms with Gasteiger partial charge in [-0.05, 0) is 30.3 Å². The number of nitrogens with zero attached hydrogens (tertiary/aromatic N) is 1. The van der Waals surface area contributed by atoms with E-state index in [0.717, 1.165) is 4.90 Å². The molecular formula is C24H21NO6S. The van der Waals surface area contributed by atoms with Crippen LogP contribution in [0.1, 0.15) is 11.3 Å². The number of hydrogen-bond acceptors (Lipinski definition) is 7. The van der Waals surface area contributed by atoms with Gasteiger partial charge >= 0.3 is 0 Å². The molecule has 0 saturated heterocycles. The number of anilines is 1. The SMILES string of the molecule is COc1ccc(OC)c(N2C(=O)C(SCc3ccco3)=C(c3ccccc3OC)C2=O)c1. The molecule has 8 heteroatoms. The number of thioether (sulfide) groups is 1. The second-order valence-electron chi connectivity index (χ2n) is 6.76. The number of carbonyl (C=O) groups is 2. The Morgan fingerprint density at radius 1 is 0.875 bits per heavy atom. The number of hydrogen-bond donors (Lipinski definition) is 0. The molecule has 0 unspecified atom stereocenters. The number of imide groups is 1. The third kappa shape index (κ3) is 3.85. The average Bonchev–Trinajstić information content (AvgIpc) is 3.43. The topological polar surface area (TPSA) is 78.2 Å². The van der Waals surface area contributed by atoms with Crippen molar-refractivity contribution in [2.75, 3.05) is 26.2 Å². The number of benzene rings is 2.